The Morgan fingerprint density at radius 2 is 1.90 bits per heavy atom. The molecular formula is C24H29N3O3S. The zero-order valence-corrected chi connectivity index (χ0v) is 19.5. The molecule has 0 spiro atoms. The van der Waals surface area contributed by atoms with Crippen LogP contribution in [0.4, 0.5) is 0 Å². The second-order valence-electron chi connectivity index (χ2n) is 8.69. The van der Waals surface area contributed by atoms with E-state index in [1.54, 1.807) is 18.7 Å². The minimum absolute atomic E-state index is 0.195. The van der Waals surface area contributed by atoms with Gasteiger partial charge in [-0.25, -0.2) is 4.79 Å². The van der Waals surface area contributed by atoms with E-state index in [2.05, 4.69) is 37.5 Å². The number of aromatic nitrogens is 3. The Labute approximate surface area is 187 Å². The molecule has 0 aliphatic carbocycles. The third-order valence-electron chi connectivity index (χ3n) is 4.75. The number of nitrogens with zero attached hydrogens (tertiary/aromatic N) is 3. The number of phenolic OH excluding ortho intramolecular Hbond substituents is 1. The van der Waals surface area contributed by atoms with Gasteiger partial charge in [0, 0.05) is 21.8 Å². The minimum atomic E-state index is -0.350. The van der Waals surface area contributed by atoms with Crippen LogP contribution in [-0.4, -0.2) is 38.4 Å². The zero-order chi connectivity index (χ0) is 22.8. The first kappa shape index (κ1) is 22.9. The monoisotopic (exact) mass is 439 g/mol. The number of thioether (sulfide) groups is 1. The van der Waals surface area contributed by atoms with Gasteiger partial charge in [-0.2, -0.15) is 0 Å². The highest BCUT2D eigenvalue weighted by atomic mass is 32.2. The maximum Gasteiger partial charge on any atom is 0.333 e. The lowest BCUT2D eigenvalue weighted by atomic mass is 9.85. The Kier molecular flexibility index (Phi) is 6.74. The molecule has 31 heavy (non-hydrogen) atoms. The van der Waals surface area contributed by atoms with Crippen molar-refractivity contribution in [3.8, 4) is 11.4 Å². The highest BCUT2D eigenvalue weighted by Gasteiger charge is 2.22. The van der Waals surface area contributed by atoms with Gasteiger partial charge in [-0.15, -0.1) is 26.8 Å². The largest absolute Gasteiger partial charge is 0.505 e. The third-order valence-corrected chi connectivity index (χ3v) is 5.83. The van der Waals surface area contributed by atoms with Crippen LogP contribution in [0.1, 0.15) is 45.2 Å². The molecule has 0 saturated carbocycles. The van der Waals surface area contributed by atoms with Crippen molar-refractivity contribution in [2.75, 3.05) is 12.4 Å². The van der Waals surface area contributed by atoms with Crippen molar-refractivity contribution in [3.05, 3.63) is 53.6 Å². The van der Waals surface area contributed by atoms with Gasteiger partial charge in [0.2, 0.25) is 0 Å². The highest BCUT2D eigenvalue weighted by Crippen LogP contribution is 2.36. The highest BCUT2D eigenvalue weighted by molar-refractivity contribution is 7.99. The molecule has 2 aromatic carbocycles. The topological polar surface area (TPSA) is 77.2 Å². The SMILES string of the molecule is C=C(C)C(=O)OCCCSc1ccc2nn(-c3cc(C)cc(C(C)(C)C)c3O)nc2c1. The first-order chi connectivity index (χ1) is 14.6. The summed E-state index contributed by atoms with van der Waals surface area (Å²) in [4.78, 5) is 14.0. The minimum Gasteiger partial charge on any atom is -0.505 e. The second-order valence-corrected chi connectivity index (χ2v) is 9.86. The molecule has 6 nitrogen and oxygen atoms in total. The fourth-order valence-electron chi connectivity index (χ4n) is 3.11. The molecule has 0 fully saturated rings. The number of benzene rings is 2. The fraction of sp³-hybridized carbons (Fsp3) is 0.375. The summed E-state index contributed by atoms with van der Waals surface area (Å²) >= 11 is 1.67. The van der Waals surface area contributed by atoms with E-state index >= 15 is 0 Å². The first-order valence-corrected chi connectivity index (χ1v) is 11.2. The molecule has 0 saturated heterocycles. The molecule has 1 heterocycles. The molecule has 0 unspecified atom stereocenters. The summed E-state index contributed by atoms with van der Waals surface area (Å²) in [7, 11) is 0. The molecule has 0 radical (unpaired) electrons. The standard InChI is InChI=1S/C24H29N3O3S/c1-15(2)23(29)30-10-7-11-31-17-8-9-19-20(14-17)26-27(25-19)21-13-16(3)12-18(22(21)28)24(4,5)6/h8-9,12-14,28H,1,7,10-11H2,2-6H3. The summed E-state index contributed by atoms with van der Waals surface area (Å²) in [5.74, 6) is 0.672. The maximum atomic E-state index is 11.4. The number of carbonyl (C=O) groups is 1. The zero-order valence-electron chi connectivity index (χ0n) is 18.7. The quantitative estimate of drug-likeness (QED) is 0.232. The van der Waals surface area contributed by atoms with Crippen molar-refractivity contribution < 1.29 is 14.6 Å². The smallest absolute Gasteiger partial charge is 0.333 e. The Morgan fingerprint density at radius 3 is 2.58 bits per heavy atom. The van der Waals surface area contributed by atoms with E-state index < -0.39 is 0 Å². The molecule has 3 rings (SSSR count). The number of ether oxygens (including phenoxy) is 1. The summed E-state index contributed by atoms with van der Waals surface area (Å²) in [5.41, 5.74) is 4.23. The van der Waals surface area contributed by atoms with Crippen LogP contribution < -0.4 is 0 Å². The van der Waals surface area contributed by atoms with Crippen LogP contribution in [0.5, 0.6) is 5.75 Å². The lowest BCUT2D eigenvalue weighted by molar-refractivity contribution is -0.138. The van der Waals surface area contributed by atoms with E-state index in [4.69, 9.17) is 4.74 Å². The number of rotatable bonds is 7. The molecule has 1 aromatic heterocycles. The van der Waals surface area contributed by atoms with Gasteiger partial charge >= 0.3 is 5.97 Å². The van der Waals surface area contributed by atoms with Crippen LogP contribution in [-0.2, 0) is 14.9 Å². The van der Waals surface area contributed by atoms with E-state index in [0.717, 1.165) is 39.2 Å². The van der Waals surface area contributed by atoms with Crippen LogP contribution in [0.15, 0.2) is 47.4 Å². The number of phenols is 1. The lowest BCUT2D eigenvalue weighted by Crippen LogP contribution is -2.13. The maximum absolute atomic E-state index is 11.4. The van der Waals surface area contributed by atoms with Crippen molar-refractivity contribution in [1.82, 2.24) is 15.0 Å². The summed E-state index contributed by atoms with van der Waals surface area (Å²) < 4.78 is 5.12. The molecule has 1 N–H and O–H groups in total. The predicted octanol–water partition coefficient (Wildman–Crippen LogP) is 5.33. The van der Waals surface area contributed by atoms with E-state index in [1.807, 2.05) is 37.3 Å². The van der Waals surface area contributed by atoms with Gasteiger partial charge in [-0.3, -0.25) is 0 Å². The summed E-state index contributed by atoms with van der Waals surface area (Å²) in [5, 5.41) is 20.1. The number of hydrogen-bond donors (Lipinski definition) is 1. The van der Waals surface area contributed by atoms with Gasteiger partial charge in [0.15, 0.2) is 0 Å². The number of hydrogen-bond acceptors (Lipinski definition) is 6. The summed E-state index contributed by atoms with van der Waals surface area (Å²) in [6.45, 7) is 13.8. The molecule has 164 valence electrons. The molecule has 0 aliphatic rings. The van der Waals surface area contributed by atoms with Gasteiger partial charge in [0.05, 0.1) is 6.61 Å². The van der Waals surface area contributed by atoms with Crippen LogP contribution in [0, 0.1) is 6.92 Å². The van der Waals surface area contributed by atoms with Crippen molar-refractivity contribution in [2.45, 2.75) is 51.3 Å². The lowest BCUT2D eigenvalue weighted by Gasteiger charge is -2.22. The average molecular weight is 440 g/mol. The number of aryl methyl sites for hydroxylation is 1. The van der Waals surface area contributed by atoms with E-state index in [9.17, 15) is 9.90 Å². The Hall–Kier alpha value is -2.80. The van der Waals surface area contributed by atoms with Gasteiger partial charge in [0.1, 0.15) is 22.5 Å². The Balaban J connectivity index is 1.75. The normalized spacial score (nSPS) is 11.6. The predicted molar refractivity (Wildman–Crippen MR) is 125 cm³/mol. The summed E-state index contributed by atoms with van der Waals surface area (Å²) in [6, 6.07) is 9.82. The van der Waals surface area contributed by atoms with Crippen LogP contribution in [0.3, 0.4) is 0 Å². The second kappa shape index (κ2) is 9.14. The van der Waals surface area contributed by atoms with E-state index in [-0.39, 0.29) is 17.1 Å². The van der Waals surface area contributed by atoms with Crippen LogP contribution in [0.2, 0.25) is 0 Å². The van der Waals surface area contributed by atoms with Crippen molar-refractivity contribution >= 4 is 28.8 Å². The molecule has 0 aliphatic heterocycles. The Bertz CT molecular complexity index is 1130. The van der Waals surface area contributed by atoms with E-state index in [0.29, 0.717) is 17.9 Å². The van der Waals surface area contributed by atoms with Crippen LogP contribution >= 0.6 is 11.8 Å². The number of aromatic hydroxyl groups is 1. The number of carbonyl (C=O) groups excluding carboxylic acids is 1. The molecule has 7 heteroatoms. The molecule has 0 amide bonds. The van der Waals surface area contributed by atoms with Gasteiger partial charge in [0.25, 0.3) is 0 Å². The van der Waals surface area contributed by atoms with Gasteiger partial charge < -0.3 is 9.84 Å². The summed E-state index contributed by atoms with van der Waals surface area (Å²) in [6.07, 6.45) is 0.751. The third kappa shape index (κ3) is 5.47. The average Bonchev–Trinajstić information content (AvgIpc) is 3.11. The van der Waals surface area contributed by atoms with Crippen LogP contribution in [0.25, 0.3) is 16.7 Å². The van der Waals surface area contributed by atoms with Crippen molar-refractivity contribution in [2.24, 2.45) is 0 Å². The number of esters is 1. The van der Waals surface area contributed by atoms with Gasteiger partial charge in [-0.1, -0.05) is 33.4 Å². The van der Waals surface area contributed by atoms with Crippen molar-refractivity contribution in [3.63, 3.8) is 0 Å². The fourth-order valence-corrected chi connectivity index (χ4v) is 3.97. The van der Waals surface area contributed by atoms with Gasteiger partial charge in [-0.05, 0) is 55.5 Å². The van der Waals surface area contributed by atoms with E-state index in [1.165, 1.54) is 4.80 Å². The first-order valence-electron chi connectivity index (χ1n) is 10.2. The molecular weight excluding hydrogens is 410 g/mol. The number of fused-ring (bicyclic) bond motifs is 1. The Morgan fingerprint density at radius 1 is 1.19 bits per heavy atom. The molecule has 0 bridgehead atoms. The molecule has 0 atom stereocenters. The van der Waals surface area contributed by atoms with Crippen molar-refractivity contribution in [1.29, 1.82) is 0 Å². The molecule has 3 aromatic rings.